The number of nitrogens with zero attached hydrogens (tertiary/aromatic N) is 3. The number of likely N-dealkylation sites (N-methyl/N-ethyl adjacent to an activating group) is 1. The van der Waals surface area contributed by atoms with Crippen molar-refractivity contribution in [2.45, 2.75) is 63.8 Å². The van der Waals surface area contributed by atoms with Crippen molar-refractivity contribution < 1.29 is 38.2 Å². The molecule has 214 valence electrons. The van der Waals surface area contributed by atoms with Crippen molar-refractivity contribution in [3.8, 4) is 6.07 Å². The van der Waals surface area contributed by atoms with Crippen LogP contribution in [0.4, 0.5) is 0 Å². The molecule has 0 aromatic heterocycles. The number of allylic oxidation sites excluding steroid dienone is 4. The number of rotatable bonds is 5. The normalized spacial score (nSPS) is 30.1. The van der Waals surface area contributed by atoms with E-state index in [0.29, 0.717) is 5.57 Å². The quantitative estimate of drug-likeness (QED) is 0.350. The summed E-state index contributed by atoms with van der Waals surface area (Å²) in [7, 11) is 4.38. The fraction of sp³-hybridized carbons (Fsp3) is 0.483. The topological polar surface area (TPSA) is 163 Å². The lowest BCUT2D eigenvalue weighted by Gasteiger charge is -2.60. The van der Waals surface area contributed by atoms with Crippen LogP contribution in [0.3, 0.4) is 0 Å². The maximum absolute atomic E-state index is 13.8. The van der Waals surface area contributed by atoms with Crippen LogP contribution in [0.15, 0.2) is 45.0 Å². The molecule has 0 radical (unpaired) electrons. The number of Topliss-reactive ketones (excluding diaryl/α,β-unsaturated/α-hetero) is 5. The maximum Gasteiger partial charge on any atom is 0.287 e. The van der Waals surface area contributed by atoms with Gasteiger partial charge >= 0.3 is 0 Å². The molecule has 1 amide bonds. The van der Waals surface area contributed by atoms with Gasteiger partial charge < -0.3 is 14.8 Å². The molecule has 3 heterocycles. The summed E-state index contributed by atoms with van der Waals surface area (Å²) in [6, 6.07) is -1.52. The van der Waals surface area contributed by atoms with Crippen molar-refractivity contribution in [1.29, 1.82) is 5.26 Å². The molecule has 12 nitrogen and oxygen atoms in total. The lowest BCUT2D eigenvalue weighted by Crippen LogP contribution is -2.74. The van der Waals surface area contributed by atoms with Crippen LogP contribution in [0.1, 0.15) is 33.6 Å². The predicted molar refractivity (Wildman–Crippen MR) is 141 cm³/mol. The van der Waals surface area contributed by atoms with Gasteiger partial charge in [0.25, 0.3) is 5.91 Å². The van der Waals surface area contributed by atoms with Crippen molar-refractivity contribution in [1.82, 2.24) is 15.1 Å². The van der Waals surface area contributed by atoms with E-state index in [1.54, 1.807) is 11.9 Å². The van der Waals surface area contributed by atoms with Crippen molar-refractivity contribution in [2.75, 3.05) is 27.8 Å². The molecule has 1 fully saturated rings. The fourth-order valence-electron chi connectivity index (χ4n) is 7.13. The monoisotopic (exact) mass is 562 g/mol. The molecule has 0 aromatic carbocycles. The minimum absolute atomic E-state index is 0.00850. The molecule has 1 N–H and O–H groups in total. The van der Waals surface area contributed by atoms with Crippen LogP contribution < -0.4 is 5.32 Å². The first-order valence-corrected chi connectivity index (χ1v) is 13.2. The van der Waals surface area contributed by atoms with Crippen LogP contribution in [0, 0.1) is 11.3 Å². The van der Waals surface area contributed by atoms with Crippen LogP contribution in [-0.4, -0.2) is 103 Å². The van der Waals surface area contributed by atoms with Crippen LogP contribution in [0.5, 0.6) is 0 Å². The Morgan fingerprint density at radius 3 is 1.93 bits per heavy atom. The third kappa shape index (κ3) is 3.87. The van der Waals surface area contributed by atoms with Crippen LogP contribution >= 0.6 is 0 Å². The molecular formula is C29H30N4O8. The molecule has 0 spiro atoms. The number of hydrogen-bond acceptors (Lipinski definition) is 11. The Kier molecular flexibility index (Phi) is 6.91. The number of methoxy groups -OCH3 is 2. The number of ether oxygens (including phenoxy) is 2. The fourth-order valence-corrected chi connectivity index (χ4v) is 7.13. The average molecular weight is 563 g/mol. The van der Waals surface area contributed by atoms with Gasteiger partial charge in [0.05, 0.1) is 32.4 Å². The highest BCUT2D eigenvalue weighted by Gasteiger charge is 2.59. The Morgan fingerprint density at radius 2 is 1.41 bits per heavy atom. The standard InChI is InChI=1S/C29H30N4O8/c1-11-23(35)14-8-17-22-21-15(24(36)12(2)28(41-6)26(21)38)7-16(32(22)4)18(9-30)33(17)19(10-31-29(39)13(3)34)20(14)25(37)27(11)40-5/h16-19,22H,7-8,10H2,1-6H3,(H,31,39)/t16-,17-,18+,19-,22-/m1/s1. The van der Waals surface area contributed by atoms with E-state index in [0.717, 1.165) is 6.92 Å². The summed E-state index contributed by atoms with van der Waals surface area (Å²) in [5.74, 6) is -3.51. The van der Waals surface area contributed by atoms with Gasteiger partial charge in [-0.05, 0) is 33.7 Å². The zero-order valence-corrected chi connectivity index (χ0v) is 23.6. The largest absolute Gasteiger partial charge is 0.492 e. The summed E-state index contributed by atoms with van der Waals surface area (Å²) in [6.45, 7) is 3.89. The molecule has 5 rings (SSSR count). The summed E-state index contributed by atoms with van der Waals surface area (Å²) in [5.41, 5.74) is 1.19. The van der Waals surface area contributed by atoms with E-state index in [2.05, 4.69) is 11.4 Å². The molecular weight excluding hydrogens is 532 g/mol. The molecule has 2 bridgehead atoms. The summed E-state index contributed by atoms with van der Waals surface area (Å²) in [6.07, 6.45) is 0.116. The lowest BCUT2D eigenvalue weighted by molar-refractivity contribution is -0.137. The van der Waals surface area contributed by atoms with Gasteiger partial charge in [0, 0.05) is 59.0 Å². The van der Waals surface area contributed by atoms with Gasteiger partial charge in [-0.1, -0.05) is 0 Å². The van der Waals surface area contributed by atoms with E-state index in [-0.39, 0.29) is 64.6 Å². The van der Waals surface area contributed by atoms with Crippen molar-refractivity contribution in [2.24, 2.45) is 0 Å². The Labute approximate surface area is 236 Å². The number of hydrogen-bond donors (Lipinski definition) is 1. The van der Waals surface area contributed by atoms with E-state index >= 15 is 0 Å². The maximum atomic E-state index is 13.8. The summed E-state index contributed by atoms with van der Waals surface area (Å²) < 4.78 is 10.6. The number of fused-ring (bicyclic) bond motifs is 5. The van der Waals surface area contributed by atoms with Gasteiger partial charge in [0.15, 0.2) is 23.1 Å². The van der Waals surface area contributed by atoms with E-state index in [1.807, 2.05) is 4.90 Å². The lowest BCUT2D eigenvalue weighted by atomic mass is 9.67. The zero-order chi connectivity index (χ0) is 30.1. The first-order valence-electron chi connectivity index (χ1n) is 13.2. The Bertz CT molecular complexity index is 1520. The number of piperazine rings is 1. The minimum Gasteiger partial charge on any atom is -0.492 e. The van der Waals surface area contributed by atoms with Gasteiger partial charge in [-0.3, -0.25) is 38.6 Å². The van der Waals surface area contributed by atoms with Crippen molar-refractivity contribution >= 4 is 34.8 Å². The second kappa shape index (κ2) is 10.0. The van der Waals surface area contributed by atoms with E-state index in [9.17, 15) is 34.0 Å². The molecule has 2 aliphatic carbocycles. The molecule has 12 heteroatoms. The van der Waals surface area contributed by atoms with Crippen LogP contribution in [0.2, 0.25) is 0 Å². The highest BCUT2D eigenvalue weighted by atomic mass is 16.5. The zero-order valence-electron chi connectivity index (χ0n) is 23.6. The molecule has 0 unspecified atom stereocenters. The Hall–Kier alpha value is -4.21. The highest BCUT2D eigenvalue weighted by molar-refractivity contribution is 6.35. The predicted octanol–water partition coefficient (Wildman–Crippen LogP) is -0.149. The third-order valence-electron chi connectivity index (χ3n) is 8.99. The SMILES string of the molecule is COC1=C(C)C(=O)C2=C(C1=O)[C@@H](CNC(=O)C(C)=O)N1[C@H](C2)[C@@H]2C3=C(C[C@H]([C@@H]1C#N)N2C)C(=O)C(C)=C(OC)C3=O. The number of amides is 1. The molecule has 3 aliphatic heterocycles. The number of nitrogens with one attached hydrogen (secondary N) is 1. The second-order valence-electron chi connectivity index (χ2n) is 10.9. The van der Waals surface area contributed by atoms with Gasteiger partial charge in [-0.2, -0.15) is 5.26 Å². The molecule has 5 aliphatic rings. The van der Waals surface area contributed by atoms with Crippen LogP contribution in [0.25, 0.3) is 0 Å². The average Bonchev–Trinajstić information content (AvgIpc) is 2.93. The van der Waals surface area contributed by atoms with Gasteiger partial charge in [0.1, 0.15) is 6.04 Å². The molecule has 5 atom stereocenters. The van der Waals surface area contributed by atoms with E-state index < -0.39 is 59.2 Å². The van der Waals surface area contributed by atoms with Gasteiger partial charge in [-0.15, -0.1) is 0 Å². The first-order chi connectivity index (χ1) is 19.4. The number of ketones is 5. The van der Waals surface area contributed by atoms with Crippen molar-refractivity contribution in [3.05, 3.63) is 45.0 Å². The molecule has 0 aromatic rings. The Morgan fingerprint density at radius 1 is 0.902 bits per heavy atom. The van der Waals surface area contributed by atoms with Crippen molar-refractivity contribution in [3.63, 3.8) is 0 Å². The first kappa shape index (κ1) is 28.3. The van der Waals surface area contributed by atoms with Gasteiger partial charge in [-0.25, -0.2) is 0 Å². The number of carbonyl (C=O) groups excluding carboxylic acids is 6. The van der Waals surface area contributed by atoms with Gasteiger partial charge in [0.2, 0.25) is 17.3 Å². The third-order valence-corrected chi connectivity index (χ3v) is 8.99. The minimum atomic E-state index is -0.985. The summed E-state index contributed by atoms with van der Waals surface area (Å²) in [5, 5.41) is 13.0. The summed E-state index contributed by atoms with van der Waals surface area (Å²) >= 11 is 0. The summed E-state index contributed by atoms with van der Waals surface area (Å²) in [4.78, 5) is 82.3. The highest BCUT2D eigenvalue weighted by Crippen LogP contribution is 2.48. The number of nitriles is 1. The smallest absolute Gasteiger partial charge is 0.287 e. The van der Waals surface area contributed by atoms with E-state index in [4.69, 9.17) is 9.47 Å². The molecule has 1 saturated heterocycles. The Balaban J connectivity index is 1.71. The molecule has 41 heavy (non-hydrogen) atoms. The van der Waals surface area contributed by atoms with E-state index in [1.165, 1.54) is 28.1 Å². The molecule has 0 saturated carbocycles. The second-order valence-corrected chi connectivity index (χ2v) is 10.9. The van der Waals surface area contributed by atoms with Crippen LogP contribution in [-0.2, 0) is 38.2 Å². The number of carbonyl (C=O) groups is 6.